The number of nitrogens with zero attached hydrogens (tertiary/aromatic N) is 1. The number of fused-ring (bicyclic) bond motifs is 1. The minimum atomic E-state index is -0.541. The molecule has 0 saturated heterocycles. The van der Waals surface area contributed by atoms with Gasteiger partial charge in [0, 0.05) is 11.1 Å². The van der Waals surface area contributed by atoms with Gasteiger partial charge in [-0.3, -0.25) is 9.59 Å². The molecule has 1 aromatic heterocycles. The SMILES string of the molecule is CCOc1ccc2oc(C(=O)N/N=C/c3cc(Cl)c(OCC(=O)Nc4ccc(F)cc4)c(OC)c3)cc2c1. The molecule has 0 unspecified atom stereocenters. The molecule has 1 heterocycles. The number of rotatable bonds is 10. The standard InChI is InChI=1S/C27H23ClFN3O6/c1-3-36-20-8-9-22-17(12-20)13-24(38-22)27(34)32-30-14-16-10-21(28)26(23(11-16)35-2)37-15-25(33)31-19-6-4-18(29)5-7-19/h4-14H,3,15H2,1-2H3,(H,31,33)(H,32,34)/b30-14+. The van der Waals surface area contributed by atoms with Crippen LogP contribution in [0, 0.1) is 5.82 Å². The zero-order valence-electron chi connectivity index (χ0n) is 20.4. The molecule has 4 aromatic rings. The summed E-state index contributed by atoms with van der Waals surface area (Å²) in [6.07, 6.45) is 1.37. The number of ether oxygens (including phenoxy) is 3. The lowest BCUT2D eigenvalue weighted by molar-refractivity contribution is -0.118. The Morgan fingerprint density at radius 2 is 1.87 bits per heavy atom. The number of benzene rings is 3. The van der Waals surface area contributed by atoms with Gasteiger partial charge in [-0.25, -0.2) is 9.82 Å². The minimum absolute atomic E-state index is 0.0871. The van der Waals surface area contributed by atoms with Crippen molar-refractivity contribution in [1.29, 1.82) is 0 Å². The lowest BCUT2D eigenvalue weighted by atomic mass is 10.2. The van der Waals surface area contributed by atoms with Gasteiger partial charge in [0.2, 0.25) is 0 Å². The highest BCUT2D eigenvalue weighted by Gasteiger charge is 2.15. The Hall–Kier alpha value is -4.57. The van der Waals surface area contributed by atoms with E-state index in [0.29, 0.717) is 29.2 Å². The third-order valence-electron chi connectivity index (χ3n) is 5.13. The Kier molecular flexibility index (Phi) is 8.44. The average molecular weight is 540 g/mol. The van der Waals surface area contributed by atoms with E-state index in [1.807, 2.05) is 6.92 Å². The van der Waals surface area contributed by atoms with Crippen molar-refractivity contribution in [2.24, 2.45) is 5.10 Å². The Morgan fingerprint density at radius 1 is 1.08 bits per heavy atom. The predicted octanol–water partition coefficient (Wildman–Crippen LogP) is 5.41. The summed E-state index contributed by atoms with van der Waals surface area (Å²) in [4.78, 5) is 24.7. The van der Waals surface area contributed by atoms with Crippen LogP contribution < -0.4 is 25.0 Å². The fraction of sp³-hybridized carbons (Fsp3) is 0.148. The van der Waals surface area contributed by atoms with Gasteiger partial charge in [0.25, 0.3) is 5.91 Å². The van der Waals surface area contributed by atoms with E-state index in [2.05, 4.69) is 15.8 Å². The molecular formula is C27H23ClFN3O6. The molecule has 0 aliphatic heterocycles. The third-order valence-corrected chi connectivity index (χ3v) is 5.41. The fourth-order valence-electron chi connectivity index (χ4n) is 3.43. The maximum atomic E-state index is 13.0. The molecule has 0 fully saturated rings. The lowest BCUT2D eigenvalue weighted by Gasteiger charge is -2.13. The average Bonchev–Trinajstić information content (AvgIpc) is 3.33. The first-order valence-corrected chi connectivity index (χ1v) is 11.8. The number of hydrogen-bond donors (Lipinski definition) is 2. The highest BCUT2D eigenvalue weighted by molar-refractivity contribution is 6.32. The van der Waals surface area contributed by atoms with Crippen molar-refractivity contribution in [2.75, 3.05) is 25.6 Å². The number of methoxy groups -OCH3 is 1. The highest BCUT2D eigenvalue weighted by Crippen LogP contribution is 2.36. The second-order valence-electron chi connectivity index (χ2n) is 7.82. The quantitative estimate of drug-likeness (QED) is 0.206. The number of amides is 2. The number of halogens is 2. The smallest absolute Gasteiger partial charge is 0.307 e. The Labute approximate surface area is 222 Å². The Morgan fingerprint density at radius 3 is 2.61 bits per heavy atom. The molecule has 38 heavy (non-hydrogen) atoms. The van der Waals surface area contributed by atoms with E-state index in [4.69, 9.17) is 30.2 Å². The molecule has 0 aliphatic carbocycles. The van der Waals surface area contributed by atoms with Gasteiger partial charge in [-0.1, -0.05) is 11.6 Å². The summed E-state index contributed by atoms with van der Waals surface area (Å²) in [6.45, 7) is 2.05. The number of carbonyl (C=O) groups excluding carboxylic acids is 2. The largest absolute Gasteiger partial charge is 0.494 e. The maximum Gasteiger partial charge on any atom is 0.307 e. The molecule has 0 atom stereocenters. The Bertz CT molecular complexity index is 1490. The molecule has 11 heteroatoms. The molecule has 4 rings (SSSR count). The van der Waals surface area contributed by atoms with E-state index in [9.17, 15) is 14.0 Å². The highest BCUT2D eigenvalue weighted by atomic mass is 35.5. The van der Waals surface area contributed by atoms with Gasteiger partial charge in [0.1, 0.15) is 17.1 Å². The number of hydrogen-bond acceptors (Lipinski definition) is 7. The second-order valence-corrected chi connectivity index (χ2v) is 8.23. The van der Waals surface area contributed by atoms with Crippen LogP contribution in [0.3, 0.4) is 0 Å². The van der Waals surface area contributed by atoms with Crippen LogP contribution >= 0.6 is 11.6 Å². The topological polar surface area (TPSA) is 111 Å². The fourth-order valence-corrected chi connectivity index (χ4v) is 3.71. The third kappa shape index (κ3) is 6.60. The first-order valence-electron chi connectivity index (χ1n) is 11.4. The van der Waals surface area contributed by atoms with Crippen molar-refractivity contribution in [3.63, 3.8) is 0 Å². The molecule has 2 amide bonds. The van der Waals surface area contributed by atoms with Crippen LogP contribution in [0.4, 0.5) is 10.1 Å². The van der Waals surface area contributed by atoms with Crippen molar-refractivity contribution in [3.8, 4) is 17.2 Å². The lowest BCUT2D eigenvalue weighted by Crippen LogP contribution is -2.20. The maximum absolute atomic E-state index is 13.0. The van der Waals surface area contributed by atoms with Gasteiger partial charge in [-0.2, -0.15) is 5.10 Å². The van der Waals surface area contributed by atoms with E-state index in [0.717, 1.165) is 5.39 Å². The van der Waals surface area contributed by atoms with Crippen molar-refractivity contribution in [3.05, 3.63) is 82.8 Å². The zero-order chi connectivity index (χ0) is 27.1. The van der Waals surface area contributed by atoms with Crippen LogP contribution in [-0.2, 0) is 4.79 Å². The van der Waals surface area contributed by atoms with Crippen molar-refractivity contribution < 1.29 is 32.6 Å². The number of carbonyl (C=O) groups is 2. The van der Waals surface area contributed by atoms with Crippen LogP contribution in [0.25, 0.3) is 11.0 Å². The number of anilines is 1. The molecule has 0 radical (unpaired) electrons. The zero-order valence-corrected chi connectivity index (χ0v) is 21.2. The molecule has 0 aliphatic rings. The summed E-state index contributed by atoms with van der Waals surface area (Å²) in [7, 11) is 1.42. The van der Waals surface area contributed by atoms with Gasteiger partial charge < -0.3 is 23.9 Å². The Balaban J connectivity index is 1.38. The van der Waals surface area contributed by atoms with Crippen LogP contribution in [0.15, 0.2) is 70.2 Å². The number of nitrogens with one attached hydrogen (secondary N) is 2. The summed E-state index contributed by atoms with van der Waals surface area (Å²) in [5, 5.41) is 7.43. The molecule has 3 aromatic carbocycles. The summed E-state index contributed by atoms with van der Waals surface area (Å²) >= 11 is 6.34. The number of hydrazone groups is 1. The normalized spacial score (nSPS) is 10.9. The van der Waals surface area contributed by atoms with Gasteiger partial charge in [-0.15, -0.1) is 0 Å². The minimum Gasteiger partial charge on any atom is -0.494 e. The van der Waals surface area contributed by atoms with Gasteiger partial charge >= 0.3 is 5.91 Å². The first kappa shape index (κ1) is 26.5. The van der Waals surface area contributed by atoms with Gasteiger partial charge in [0.05, 0.1) is 25.0 Å². The molecule has 0 spiro atoms. The van der Waals surface area contributed by atoms with Gasteiger partial charge in [-0.05, 0) is 73.2 Å². The summed E-state index contributed by atoms with van der Waals surface area (Å²) in [5.41, 5.74) is 3.87. The second kappa shape index (κ2) is 12.1. The molecule has 0 bridgehead atoms. The van der Waals surface area contributed by atoms with E-state index in [-0.39, 0.29) is 28.9 Å². The summed E-state index contributed by atoms with van der Waals surface area (Å²) in [6, 6.07) is 15.3. The molecule has 2 N–H and O–H groups in total. The van der Waals surface area contributed by atoms with Gasteiger partial charge in [0.15, 0.2) is 23.9 Å². The molecular weight excluding hydrogens is 517 g/mol. The van der Waals surface area contributed by atoms with Crippen molar-refractivity contribution in [2.45, 2.75) is 6.92 Å². The molecule has 196 valence electrons. The molecule has 0 saturated carbocycles. The number of furan rings is 1. The van der Waals surface area contributed by atoms with Crippen LogP contribution in [0.5, 0.6) is 17.2 Å². The first-order chi connectivity index (χ1) is 18.4. The summed E-state index contributed by atoms with van der Waals surface area (Å²) in [5.74, 6) is -0.254. The summed E-state index contributed by atoms with van der Waals surface area (Å²) < 4.78 is 34.9. The molecule has 9 nitrogen and oxygen atoms in total. The van der Waals surface area contributed by atoms with E-state index in [1.165, 1.54) is 43.7 Å². The van der Waals surface area contributed by atoms with E-state index < -0.39 is 17.6 Å². The van der Waals surface area contributed by atoms with E-state index >= 15 is 0 Å². The van der Waals surface area contributed by atoms with Crippen LogP contribution in [0.2, 0.25) is 5.02 Å². The van der Waals surface area contributed by atoms with Crippen LogP contribution in [-0.4, -0.2) is 38.4 Å². The van der Waals surface area contributed by atoms with E-state index in [1.54, 1.807) is 30.3 Å². The monoisotopic (exact) mass is 539 g/mol. The van der Waals surface area contributed by atoms with Crippen molar-refractivity contribution in [1.82, 2.24) is 5.43 Å². The van der Waals surface area contributed by atoms with Crippen molar-refractivity contribution >= 4 is 46.3 Å². The van der Waals surface area contributed by atoms with Crippen LogP contribution in [0.1, 0.15) is 23.0 Å². The predicted molar refractivity (Wildman–Crippen MR) is 141 cm³/mol.